The first kappa shape index (κ1) is 15.6. The molecule has 7 heteroatoms. The average molecular weight is 346 g/mol. The van der Waals surface area contributed by atoms with Crippen molar-refractivity contribution in [3.05, 3.63) is 69.7 Å². The summed E-state index contributed by atoms with van der Waals surface area (Å²) in [5.41, 5.74) is 6.57. The number of halogens is 1. The summed E-state index contributed by atoms with van der Waals surface area (Å²) in [4.78, 5) is 17.5. The lowest BCUT2D eigenvalue weighted by atomic mass is 10.2. The topological polar surface area (TPSA) is 86.5 Å². The van der Waals surface area contributed by atoms with Gasteiger partial charge in [0.15, 0.2) is 0 Å². The first-order valence-electron chi connectivity index (χ1n) is 6.84. The van der Waals surface area contributed by atoms with Crippen molar-refractivity contribution in [1.29, 1.82) is 0 Å². The summed E-state index contributed by atoms with van der Waals surface area (Å²) >= 11 is 7.49. The lowest BCUT2D eigenvalue weighted by Crippen LogP contribution is -2.43. The molecule has 3 rings (SSSR count). The molecule has 23 heavy (non-hydrogen) atoms. The minimum atomic E-state index is -0.171. The van der Waals surface area contributed by atoms with Gasteiger partial charge in [-0.25, -0.2) is 4.98 Å². The van der Waals surface area contributed by atoms with E-state index in [1.807, 2.05) is 24.3 Å². The molecule has 0 radical (unpaired) electrons. The molecule has 0 unspecified atom stereocenters. The molecule has 2 aromatic carbocycles. The molecular weight excluding hydrogens is 332 g/mol. The Bertz CT molecular complexity index is 954. The van der Waals surface area contributed by atoms with E-state index >= 15 is 0 Å². The Morgan fingerprint density at radius 2 is 1.91 bits per heavy atom. The maximum absolute atomic E-state index is 12.9. The summed E-state index contributed by atoms with van der Waals surface area (Å²) in [7, 11) is 0. The first-order valence-corrected chi connectivity index (χ1v) is 8.20. The van der Waals surface area contributed by atoms with Crippen molar-refractivity contribution >= 4 is 39.4 Å². The number of thioether (sulfide) groups is 1. The second-order valence-electron chi connectivity index (χ2n) is 4.83. The van der Waals surface area contributed by atoms with E-state index in [9.17, 15) is 4.79 Å². The van der Waals surface area contributed by atoms with Gasteiger partial charge in [0.1, 0.15) is 5.82 Å². The van der Waals surface area contributed by atoms with Gasteiger partial charge < -0.3 is 0 Å². The van der Waals surface area contributed by atoms with Crippen molar-refractivity contribution in [2.24, 2.45) is 5.73 Å². The van der Waals surface area contributed by atoms with Crippen LogP contribution in [0.2, 0.25) is 5.02 Å². The van der Waals surface area contributed by atoms with E-state index in [1.54, 1.807) is 24.3 Å². The zero-order valence-corrected chi connectivity index (χ0v) is 13.6. The maximum Gasteiger partial charge on any atom is 0.300 e. The Balaban J connectivity index is 2.30. The summed E-state index contributed by atoms with van der Waals surface area (Å²) in [6.07, 6.45) is 0. The van der Waals surface area contributed by atoms with Gasteiger partial charge in [0.25, 0.3) is 10.7 Å². The van der Waals surface area contributed by atoms with Crippen LogP contribution in [0.4, 0.5) is 0 Å². The highest BCUT2D eigenvalue weighted by Crippen LogP contribution is 2.22. The van der Waals surface area contributed by atoms with Crippen LogP contribution in [0.1, 0.15) is 5.82 Å². The molecular formula is C16H14ClN4OS+. The summed E-state index contributed by atoms with van der Waals surface area (Å²) < 4.78 is 1.51. The van der Waals surface area contributed by atoms with Crippen molar-refractivity contribution in [2.45, 2.75) is 5.75 Å². The van der Waals surface area contributed by atoms with E-state index in [0.29, 0.717) is 33.2 Å². The van der Waals surface area contributed by atoms with E-state index in [2.05, 4.69) is 4.98 Å². The van der Waals surface area contributed by atoms with Gasteiger partial charge in [0, 0.05) is 0 Å². The Kier molecular flexibility index (Phi) is 4.36. The van der Waals surface area contributed by atoms with Crippen molar-refractivity contribution < 1.29 is 5.41 Å². The van der Waals surface area contributed by atoms with Crippen LogP contribution >= 0.6 is 23.4 Å². The van der Waals surface area contributed by atoms with Gasteiger partial charge in [0.2, 0.25) is 0 Å². The van der Waals surface area contributed by atoms with E-state index in [-0.39, 0.29) is 10.7 Å². The quantitative estimate of drug-likeness (QED) is 0.554. The Labute approximate surface area is 141 Å². The molecule has 3 aromatic rings. The number of hydrogen-bond acceptors (Lipinski definition) is 3. The highest BCUT2D eigenvalue weighted by Gasteiger charge is 2.15. The van der Waals surface area contributed by atoms with Gasteiger partial charge in [0.05, 0.1) is 27.4 Å². The Morgan fingerprint density at radius 1 is 1.22 bits per heavy atom. The van der Waals surface area contributed by atoms with Crippen LogP contribution in [0.3, 0.4) is 0 Å². The van der Waals surface area contributed by atoms with Crippen molar-refractivity contribution in [3.8, 4) is 5.69 Å². The highest BCUT2D eigenvalue weighted by molar-refractivity contribution is 8.12. The number of benzene rings is 2. The van der Waals surface area contributed by atoms with Crippen molar-refractivity contribution in [3.63, 3.8) is 0 Å². The van der Waals surface area contributed by atoms with E-state index in [0.717, 1.165) is 0 Å². The summed E-state index contributed by atoms with van der Waals surface area (Å²) in [5.74, 6) is 0.911. The van der Waals surface area contributed by atoms with Crippen molar-refractivity contribution in [1.82, 2.24) is 9.55 Å². The van der Waals surface area contributed by atoms with Crippen molar-refractivity contribution in [2.75, 3.05) is 0 Å². The second kappa shape index (κ2) is 6.44. The normalized spacial score (nSPS) is 10.8. The fourth-order valence-corrected chi connectivity index (χ4v) is 3.01. The molecule has 5 nitrogen and oxygen atoms in total. The third-order valence-corrected chi connectivity index (χ3v) is 4.36. The van der Waals surface area contributed by atoms with Gasteiger partial charge in [-0.15, -0.1) is 0 Å². The number of hydrogen-bond donors (Lipinski definition) is 2. The van der Waals surface area contributed by atoms with E-state index < -0.39 is 0 Å². The molecule has 0 fully saturated rings. The minimum Gasteiger partial charge on any atom is -0.282 e. The fourth-order valence-electron chi connectivity index (χ4n) is 2.30. The van der Waals surface area contributed by atoms with Gasteiger partial charge in [-0.2, -0.15) is 0 Å². The SMILES string of the molecule is NC(=[NH2+])SCc1nc2ccccc2c(=O)n1-c1ccccc1Cl. The molecule has 0 aliphatic carbocycles. The van der Waals surface area contributed by atoms with Crippen LogP contribution < -0.4 is 16.7 Å². The first-order chi connectivity index (χ1) is 11.1. The van der Waals surface area contributed by atoms with Gasteiger partial charge in [-0.05, 0) is 36.0 Å². The molecule has 0 saturated carbocycles. The Hall–Kier alpha value is -2.31. The third-order valence-electron chi connectivity index (χ3n) is 3.31. The smallest absolute Gasteiger partial charge is 0.282 e. The number of fused-ring (bicyclic) bond motifs is 1. The standard InChI is InChI=1S/C16H13ClN4OS/c17-11-6-2-4-8-13(11)21-14(9-23-16(18)19)20-12-7-3-1-5-10(12)15(21)22/h1-8H,9H2,(H3,18,19)/p+1. The number of nitrogens with zero attached hydrogens (tertiary/aromatic N) is 2. The van der Waals surface area contributed by atoms with Gasteiger partial charge >= 0.3 is 0 Å². The lowest BCUT2D eigenvalue weighted by molar-refractivity contribution is -0.110. The zero-order chi connectivity index (χ0) is 16.4. The molecule has 4 N–H and O–H groups in total. The van der Waals surface area contributed by atoms with Crippen LogP contribution in [0.5, 0.6) is 0 Å². The predicted octanol–water partition coefficient (Wildman–Crippen LogP) is 1.35. The summed E-state index contributed by atoms with van der Waals surface area (Å²) in [5, 5.41) is 6.75. The molecule has 116 valence electrons. The van der Waals surface area contributed by atoms with E-state index in [1.165, 1.54) is 16.3 Å². The molecule has 0 bridgehead atoms. The lowest BCUT2D eigenvalue weighted by Gasteiger charge is -2.14. The fraction of sp³-hybridized carbons (Fsp3) is 0.0625. The highest BCUT2D eigenvalue weighted by atomic mass is 35.5. The number of nitrogens with two attached hydrogens (primary N) is 2. The molecule has 0 aliphatic rings. The molecule has 0 amide bonds. The van der Waals surface area contributed by atoms with Crippen LogP contribution in [0.25, 0.3) is 16.6 Å². The van der Waals surface area contributed by atoms with Gasteiger partial charge in [-0.1, -0.05) is 35.9 Å². The molecule has 1 aromatic heterocycles. The minimum absolute atomic E-state index is 0.171. The number of aromatic nitrogens is 2. The number of amidine groups is 1. The average Bonchev–Trinajstić information content (AvgIpc) is 2.54. The molecule has 0 saturated heterocycles. The molecule has 0 aliphatic heterocycles. The number of rotatable bonds is 3. The van der Waals surface area contributed by atoms with Crippen LogP contribution in [0, 0.1) is 0 Å². The molecule has 1 heterocycles. The second-order valence-corrected chi connectivity index (χ2v) is 6.28. The number of para-hydroxylation sites is 2. The van der Waals surface area contributed by atoms with Crippen LogP contribution in [-0.2, 0) is 5.75 Å². The predicted molar refractivity (Wildman–Crippen MR) is 94.8 cm³/mol. The Morgan fingerprint density at radius 3 is 2.65 bits per heavy atom. The maximum atomic E-state index is 12.9. The zero-order valence-electron chi connectivity index (χ0n) is 12.1. The van der Waals surface area contributed by atoms with Crippen LogP contribution in [-0.4, -0.2) is 14.7 Å². The molecule has 0 spiro atoms. The summed E-state index contributed by atoms with van der Waals surface area (Å²) in [6.45, 7) is 0. The molecule has 0 atom stereocenters. The van der Waals surface area contributed by atoms with E-state index in [4.69, 9.17) is 22.7 Å². The largest absolute Gasteiger partial charge is 0.300 e. The van der Waals surface area contributed by atoms with Crippen LogP contribution in [0.15, 0.2) is 53.3 Å². The monoisotopic (exact) mass is 345 g/mol. The van der Waals surface area contributed by atoms with Gasteiger partial charge in [-0.3, -0.25) is 20.5 Å². The summed E-state index contributed by atoms with van der Waals surface area (Å²) in [6, 6.07) is 14.4. The third kappa shape index (κ3) is 3.09.